The summed E-state index contributed by atoms with van der Waals surface area (Å²) in [5.41, 5.74) is 0.407. The zero-order chi connectivity index (χ0) is 18.7. The largest absolute Gasteiger partial charge is 0.454 e. The molecule has 2 fully saturated rings. The molecule has 8 heteroatoms. The molecule has 0 unspecified atom stereocenters. The van der Waals surface area contributed by atoms with E-state index in [9.17, 15) is 19.2 Å². The van der Waals surface area contributed by atoms with Gasteiger partial charge in [0.15, 0.2) is 6.61 Å². The summed E-state index contributed by atoms with van der Waals surface area (Å²) in [4.78, 5) is 49.4. The van der Waals surface area contributed by atoms with Gasteiger partial charge < -0.3 is 10.1 Å². The van der Waals surface area contributed by atoms with Gasteiger partial charge >= 0.3 is 5.97 Å². The number of rotatable bonds is 5. The second-order valence-electron chi connectivity index (χ2n) is 6.45. The first-order valence-corrected chi connectivity index (χ1v) is 8.90. The summed E-state index contributed by atoms with van der Waals surface area (Å²) in [5.74, 6) is -2.59. The first-order chi connectivity index (χ1) is 12.5. The van der Waals surface area contributed by atoms with E-state index < -0.39 is 25.0 Å². The summed E-state index contributed by atoms with van der Waals surface area (Å²) in [5, 5.41) is 2.89. The number of halogens is 1. The van der Waals surface area contributed by atoms with Crippen molar-refractivity contribution < 1.29 is 23.9 Å². The highest BCUT2D eigenvalue weighted by Gasteiger charge is 2.48. The highest BCUT2D eigenvalue weighted by atomic mass is 35.5. The van der Waals surface area contributed by atoms with Crippen molar-refractivity contribution in [3.05, 3.63) is 29.3 Å². The standard InChI is InChI=1S/C18H19ClN2O5/c19-13-7-3-4-8-14(13)20-15(22)10-26-16(23)9-21-17(24)11-5-1-2-6-12(11)18(21)25/h3-4,7-8,11-12H,1-2,5-6,9-10H2,(H,20,22)/t11-,12-/m0/s1. The fraction of sp³-hybridized carbons (Fsp3) is 0.444. The summed E-state index contributed by atoms with van der Waals surface area (Å²) in [6.45, 7) is -0.975. The van der Waals surface area contributed by atoms with Crippen LogP contribution in [0.3, 0.4) is 0 Å². The predicted molar refractivity (Wildman–Crippen MR) is 93.2 cm³/mol. The number of anilines is 1. The number of hydrogen-bond donors (Lipinski definition) is 1. The number of hydrogen-bond acceptors (Lipinski definition) is 5. The molecule has 0 aromatic heterocycles. The number of para-hydroxylation sites is 1. The van der Waals surface area contributed by atoms with E-state index in [1.807, 2.05) is 0 Å². The summed E-state index contributed by atoms with van der Waals surface area (Å²) >= 11 is 5.93. The number of amides is 3. The molecule has 1 saturated carbocycles. The zero-order valence-electron chi connectivity index (χ0n) is 14.1. The van der Waals surface area contributed by atoms with Gasteiger partial charge in [-0.2, -0.15) is 0 Å². The summed E-state index contributed by atoms with van der Waals surface area (Å²) in [6.07, 6.45) is 3.20. The minimum Gasteiger partial charge on any atom is -0.454 e. The Morgan fingerprint density at radius 3 is 2.35 bits per heavy atom. The number of nitrogens with one attached hydrogen (secondary N) is 1. The molecule has 1 aliphatic heterocycles. The lowest BCUT2D eigenvalue weighted by Crippen LogP contribution is -2.37. The Labute approximate surface area is 155 Å². The number of carbonyl (C=O) groups excluding carboxylic acids is 4. The molecule has 2 atom stereocenters. The lowest BCUT2D eigenvalue weighted by molar-refractivity contribution is -0.154. The van der Waals surface area contributed by atoms with Crippen molar-refractivity contribution in [2.75, 3.05) is 18.5 Å². The van der Waals surface area contributed by atoms with Crippen molar-refractivity contribution in [3.8, 4) is 0 Å². The van der Waals surface area contributed by atoms with Gasteiger partial charge in [-0.15, -0.1) is 0 Å². The van der Waals surface area contributed by atoms with Crippen LogP contribution in [0.1, 0.15) is 25.7 Å². The van der Waals surface area contributed by atoms with Crippen LogP contribution in [0, 0.1) is 11.8 Å². The number of ether oxygens (including phenoxy) is 1. The first kappa shape index (κ1) is 18.4. The molecule has 1 aliphatic carbocycles. The quantitative estimate of drug-likeness (QED) is 0.624. The number of esters is 1. The normalized spacial score (nSPS) is 22.1. The number of fused-ring (bicyclic) bond motifs is 1. The van der Waals surface area contributed by atoms with Gasteiger partial charge in [0.2, 0.25) is 11.8 Å². The molecular formula is C18H19ClN2O5. The summed E-state index contributed by atoms with van der Waals surface area (Å²) in [7, 11) is 0. The Balaban J connectivity index is 1.50. The fourth-order valence-electron chi connectivity index (χ4n) is 3.46. The summed E-state index contributed by atoms with van der Waals surface area (Å²) < 4.78 is 4.89. The lowest BCUT2D eigenvalue weighted by atomic mass is 9.81. The first-order valence-electron chi connectivity index (χ1n) is 8.52. The SMILES string of the molecule is O=C(COC(=O)CN1C(=O)[C@H]2CCCC[C@@H]2C1=O)Nc1ccccc1Cl. The maximum absolute atomic E-state index is 12.3. The molecule has 138 valence electrons. The van der Waals surface area contributed by atoms with Crippen LogP contribution >= 0.6 is 11.6 Å². The van der Waals surface area contributed by atoms with Crippen LogP contribution in [-0.2, 0) is 23.9 Å². The van der Waals surface area contributed by atoms with Gasteiger partial charge in [0.1, 0.15) is 6.54 Å². The molecule has 0 radical (unpaired) electrons. The van der Waals surface area contributed by atoms with Crippen LogP contribution in [0.4, 0.5) is 5.69 Å². The van der Waals surface area contributed by atoms with Crippen LogP contribution in [0.5, 0.6) is 0 Å². The zero-order valence-corrected chi connectivity index (χ0v) is 14.8. The number of imide groups is 1. The van der Waals surface area contributed by atoms with Crippen molar-refractivity contribution >= 4 is 41.0 Å². The third kappa shape index (κ3) is 3.88. The molecule has 1 aromatic carbocycles. The van der Waals surface area contributed by atoms with Crippen molar-refractivity contribution in [1.82, 2.24) is 4.90 Å². The molecule has 0 bridgehead atoms. The molecule has 1 aromatic rings. The van der Waals surface area contributed by atoms with E-state index in [1.54, 1.807) is 24.3 Å². The Morgan fingerprint density at radius 1 is 1.12 bits per heavy atom. The smallest absolute Gasteiger partial charge is 0.326 e. The average molecular weight is 379 g/mol. The third-order valence-corrected chi connectivity index (χ3v) is 5.06. The van der Waals surface area contributed by atoms with Crippen LogP contribution in [0.15, 0.2) is 24.3 Å². The number of nitrogens with zero attached hydrogens (tertiary/aromatic N) is 1. The maximum atomic E-state index is 12.3. The molecule has 7 nitrogen and oxygen atoms in total. The lowest BCUT2D eigenvalue weighted by Gasteiger charge is -2.19. The van der Waals surface area contributed by atoms with E-state index in [0.29, 0.717) is 23.6 Å². The minimum atomic E-state index is -0.792. The van der Waals surface area contributed by atoms with E-state index in [1.165, 1.54) is 0 Å². The van der Waals surface area contributed by atoms with Crippen molar-refractivity contribution in [3.63, 3.8) is 0 Å². The number of benzene rings is 1. The molecule has 0 spiro atoms. The fourth-order valence-corrected chi connectivity index (χ4v) is 3.64. The number of carbonyl (C=O) groups is 4. The molecule has 2 aliphatic rings. The molecule has 3 amide bonds. The minimum absolute atomic E-state index is 0.308. The van der Waals surface area contributed by atoms with Gasteiger partial charge in [0.25, 0.3) is 5.91 Å². The number of likely N-dealkylation sites (tertiary alicyclic amines) is 1. The predicted octanol–water partition coefficient (Wildman–Crippen LogP) is 2.00. The molecular weight excluding hydrogens is 360 g/mol. The van der Waals surface area contributed by atoms with E-state index >= 15 is 0 Å². The van der Waals surface area contributed by atoms with E-state index in [4.69, 9.17) is 16.3 Å². The topological polar surface area (TPSA) is 92.8 Å². The van der Waals surface area contributed by atoms with Gasteiger partial charge in [-0.25, -0.2) is 0 Å². The van der Waals surface area contributed by atoms with E-state index in [0.717, 1.165) is 17.7 Å². The van der Waals surface area contributed by atoms with E-state index in [2.05, 4.69) is 5.32 Å². The maximum Gasteiger partial charge on any atom is 0.326 e. The van der Waals surface area contributed by atoms with Gasteiger partial charge in [0, 0.05) is 0 Å². The van der Waals surface area contributed by atoms with Gasteiger partial charge in [-0.3, -0.25) is 24.1 Å². The monoisotopic (exact) mass is 378 g/mol. The second kappa shape index (κ2) is 7.86. The van der Waals surface area contributed by atoms with Crippen LogP contribution < -0.4 is 5.32 Å². The third-order valence-electron chi connectivity index (χ3n) is 4.73. The Kier molecular flexibility index (Phi) is 5.56. The molecule has 1 heterocycles. The Morgan fingerprint density at radius 2 is 1.73 bits per heavy atom. The highest BCUT2D eigenvalue weighted by molar-refractivity contribution is 6.33. The molecule has 1 N–H and O–H groups in total. The Hall–Kier alpha value is -2.41. The van der Waals surface area contributed by atoms with Gasteiger partial charge in [0.05, 0.1) is 22.5 Å². The highest BCUT2D eigenvalue weighted by Crippen LogP contribution is 2.37. The average Bonchev–Trinajstić information content (AvgIpc) is 2.87. The summed E-state index contributed by atoms with van der Waals surface area (Å²) in [6, 6.07) is 6.66. The van der Waals surface area contributed by atoms with Gasteiger partial charge in [-0.05, 0) is 25.0 Å². The van der Waals surface area contributed by atoms with E-state index in [-0.39, 0.29) is 23.7 Å². The Bertz CT molecular complexity index is 727. The molecule has 3 rings (SSSR count). The molecule has 1 saturated heterocycles. The van der Waals surface area contributed by atoms with Crippen LogP contribution in [0.25, 0.3) is 0 Å². The molecule has 26 heavy (non-hydrogen) atoms. The van der Waals surface area contributed by atoms with Crippen LogP contribution in [-0.4, -0.2) is 41.7 Å². The van der Waals surface area contributed by atoms with Crippen LogP contribution in [0.2, 0.25) is 5.02 Å². The van der Waals surface area contributed by atoms with Crippen molar-refractivity contribution in [2.45, 2.75) is 25.7 Å². The second-order valence-corrected chi connectivity index (χ2v) is 6.86. The van der Waals surface area contributed by atoms with Crippen molar-refractivity contribution in [1.29, 1.82) is 0 Å². The van der Waals surface area contributed by atoms with Gasteiger partial charge in [-0.1, -0.05) is 36.6 Å². The van der Waals surface area contributed by atoms with Crippen molar-refractivity contribution in [2.24, 2.45) is 11.8 Å².